The molecule has 2 heteroatoms. The minimum Gasteiger partial charge on any atom is -0.336 e. The van der Waals surface area contributed by atoms with Crippen molar-refractivity contribution in [2.24, 2.45) is 11.8 Å². The number of aromatic nitrogens is 1. The van der Waals surface area contributed by atoms with E-state index < -0.39 is 0 Å². The highest BCUT2D eigenvalue weighted by molar-refractivity contribution is 5.95. The molecular formula is C16H15NO. The highest BCUT2D eigenvalue weighted by Crippen LogP contribution is 2.48. The van der Waals surface area contributed by atoms with Gasteiger partial charge in [0.25, 0.3) is 0 Å². The summed E-state index contributed by atoms with van der Waals surface area (Å²) >= 11 is 0. The van der Waals surface area contributed by atoms with Crippen molar-refractivity contribution in [2.75, 3.05) is 0 Å². The zero-order valence-electron chi connectivity index (χ0n) is 10.3. The number of para-hydroxylation sites is 1. The fraction of sp³-hybridized carbons (Fsp3) is 0.312. The summed E-state index contributed by atoms with van der Waals surface area (Å²) in [5.74, 6) is 1.09. The van der Waals surface area contributed by atoms with Gasteiger partial charge in [-0.2, -0.15) is 0 Å². The summed E-state index contributed by atoms with van der Waals surface area (Å²) in [6, 6.07) is 8.38. The molecule has 0 N–H and O–H groups in total. The summed E-state index contributed by atoms with van der Waals surface area (Å²) in [5.41, 5.74) is 2.44. The van der Waals surface area contributed by atoms with Crippen LogP contribution in [0.15, 0.2) is 42.6 Å². The lowest BCUT2D eigenvalue weighted by Gasteiger charge is -2.39. The first-order valence-electron chi connectivity index (χ1n) is 6.54. The quantitative estimate of drug-likeness (QED) is 0.698. The molecule has 1 heterocycles. The van der Waals surface area contributed by atoms with E-state index in [0.29, 0.717) is 11.7 Å². The predicted molar refractivity (Wildman–Crippen MR) is 71.5 cm³/mol. The predicted octanol–water partition coefficient (Wildman–Crippen LogP) is 3.27. The molecule has 0 aliphatic heterocycles. The summed E-state index contributed by atoms with van der Waals surface area (Å²) in [6.45, 7) is 2.12. The molecule has 2 aliphatic carbocycles. The van der Waals surface area contributed by atoms with Crippen molar-refractivity contribution < 1.29 is 4.79 Å². The van der Waals surface area contributed by atoms with Gasteiger partial charge in [-0.05, 0) is 25.0 Å². The topological polar surface area (TPSA) is 22.0 Å². The Balaban J connectivity index is 1.88. The molecule has 0 amide bonds. The fourth-order valence-electron chi connectivity index (χ4n) is 3.53. The van der Waals surface area contributed by atoms with Crippen molar-refractivity contribution in [3.05, 3.63) is 48.2 Å². The zero-order valence-corrected chi connectivity index (χ0v) is 10.3. The molecule has 2 aromatic rings. The summed E-state index contributed by atoms with van der Waals surface area (Å²) in [4.78, 5) is 12.2. The van der Waals surface area contributed by atoms with Gasteiger partial charge in [0.15, 0.2) is 5.78 Å². The smallest absolute Gasteiger partial charge is 0.160 e. The lowest BCUT2D eigenvalue weighted by molar-refractivity contribution is -0.137. The van der Waals surface area contributed by atoms with Gasteiger partial charge in [-0.25, -0.2) is 0 Å². The third-order valence-corrected chi connectivity index (χ3v) is 4.47. The first-order valence-corrected chi connectivity index (χ1v) is 6.54. The molecule has 2 aliphatic rings. The number of Topliss-reactive ketones (excluding diaryl/α,β-unsaturated/α-hetero) is 1. The van der Waals surface area contributed by atoms with Crippen LogP contribution in [-0.2, 0) is 4.79 Å². The van der Waals surface area contributed by atoms with Gasteiger partial charge in [0.1, 0.15) is 0 Å². The van der Waals surface area contributed by atoms with Crippen LogP contribution in [0.2, 0.25) is 0 Å². The van der Waals surface area contributed by atoms with Crippen LogP contribution in [0.3, 0.4) is 0 Å². The van der Waals surface area contributed by atoms with Gasteiger partial charge >= 0.3 is 0 Å². The Labute approximate surface area is 106 Å². The van der Waals surface area contributed by atoms with Crippen LogP contribution in [0, 0.1) is 18.8 Å². The third-order valence-electron chi connectivity index (χ3n) is 4.47. The molecule has 0 saturated heterocycles. The van der Waals surface area contributed by atoms with Gasteiger partial charge in [-0.15, -0.1) is 0 Å². The second kappa shape index (κ2) is 3.35. The van der Waals surface area contributed by atoms with Crippen molar-refractivity contribution in [3.63, 3.8) is 0 Å². The summed E-state index contributed by atoms with van der Waals surface area (Å²) in [6.07, 6.45) is 7.46. The number of hydrogen-bond donors (Lipinski definition) is 0. The number of benzene rings is 1. The number of nitrogens with zero attached hydrogens (tertiary/aromatic N) is 1. The van der Waals surface area contributed by atoms with Gasteiger partial charge in [-0.1, -0.05) is 30.4 Å². The first-order chi connectivity index (χ1) is 8.77. The van der Waals surface area contributed by atoms with Crippen LogP contribution >= 0.6 is 0 Å². The van der Waals surface area contributed by atoms with Crippen LogP contribution in [0.25, 0.3) is 10.9 Å². The van der Waals surface area contributed by atoms with E-state index >= 15 is 0 Å². The Morgan fingerprint density at radius 3 is 3.00 bits per heavy atom. The largest absolute Gasteiger partial charge is 0.336 e. The van der Waals surface area contributed by atoms with E-state index in [-0.39, 0.29) is 12.0 Å². The van der Waals surface area contributed by atoms with E-state index in [4.69, 9.17) is 0 Å². The minimum atomic E-state index is 0.0346. The number of fused-ring (bicyclic) bond motifs is 2. The molecule has 0 unspecified atom stereocenters. The van der Waals surface area contributed by atoms with Crippen LogP contribution < -0.4 is 0 Å². The number of ketones is 1. The summed E-state index contributed by atoms with van der Waals surface area (Å²) < 4.78 is 2.18. The van der Waals surface area contributed by atoms with Crippen molar-refractivity contribution >= 4 is 16.7 Å². The first kappa shape index (κ1) is 10.1. The van der Waals surface area contributed by atoms with Crippen molar-refractivity contribution in [3.8, 4) is 0 Å². The number of aryl methyl sites for hydroxylation is 1. The van der Waals surface area contributed by atoms with Crippen molar-refractivity contribution in [2.45, 2.75) is 19.4 Å². The van der Waals surface area contributed by atoms with Crippen LogP contribution in [-0.4, -0.2) is 10.4 Å². The van der Waals surface area contributed by atoms with Gasteiger partial charge in [0, 0.05) is 28.9 Å². The van der Waals surface area contributed by atoms with Gasteiger partial charge in [-0.3, -0.25) is 4.79 Å². The second-order valence-electron chi connectivity index (χ2n) is 5.43. The molecule has 4 rings (SSSR count). The standard InChI is InChI=1S/C16H15NO/c1-10-9-17(14-8-3-2-5-11(10)14)15-12-6-4-7-13(12)16(15)18/h2-6,8-9,12-13,15H,7H2,1H3/t12-,13+,15-/m0/s1. The van der Waals surface area contributed by atoms with Crippen LogP contribution in [0.5, 0.6) is 0 Å². The maximum Gasteiger partial charge on any atom is 0.160 e. The maximum absolute atomic E-state index is 12.2. The van der Waals surface area contributed by atoms with Crippen LogP contribution in [0.1, 0.15) is 18.0 Å². The normalized spacial score (nSPS) is 29.6. The SMILES string of the molecule is Cc1cn([C@@H]2C(=O)[C@@H]3CC=C[C@H]23)c2ccccc12. The molecule has 0 radical (unpaired) electrons. The molecule has 1 saturated carbocycles. The number of carbonyl (C=O) groups excluding carboxylic acids is 1. The van der Waals surface area contributed by atoms with Crippen molar-refractivity contribution in [1.29, 1.82) is 0 Å². The van der Waals surface area contributed by atoms with E-state index in [1.54, 1.807) is 0 Å². The maximum atomic E-state index is 12.2. The highest BCUT2D eigenvalue weighted by Gasteiger charge is 2.50. The Bertz CT molecular complexity index is 679. The summed E-state index contributed by atoms with van der Waals surface area (Å²) in [7, 11) is 0. The molecule has 18 heavy (non-hydrogen) atoms. The number of rotatable bonds is 1. The Kier molecular flexibility index (Phi) is 1.88. The van der Waals surface area contributed by atoms with Crippen LogP contribution in [0.4, 0.5) is 0 Å². The summed E-state index contributed by atoms with van der Waals surface area (Å²) in [5, 5.41) is 1.26. The lowest BCUT2D eigenvalue weighted by Crippen LogP contribution is -2.45. The molecular weight excluding hydrogens is 222 g/mol. The third kappa shape index (κ3) is 1.10. The van der Waals surface area contributed by atoms with E-state index in [1.165, 1.54) is 16.5 Å². The van der Waals surface area contributed by atoms with Gasteiger partial charge in [0.05, 0.1) is 6.04 Å². The van der Waals surface area contributed by atoms with Crippen molar-refractivity contribution in [1.82, 2.24) is 4.57 Å². The molecule has 1 aromatic carbocycles. The monoisotopic (exact) mass is 237 g/mol. The lowest BCUT2D eigenvalue weighted by atomic mass is 9.70. The molecule has 0 bridgehead atoms. The highest BCUT2D eigenvalue weighted by atomic mass is 16.1. The Morgan fingerprint density at radius 2 is 2.11 bits per heavy atom. The van der Waals surface area contributed by atoms with Gasteiger partial charge in [0.2, 0.25) is 0 Å². The molecule has 1 aromatic heterocycles. The average molecular weight is 237 g/mol. The van der Waals surface area contributed by atoms with Gasteiger partial charge < -0.3 is 4.57 Å². The number of allylic oxidation sites excluding steroid dienone is 2. The van der Waals surface area contributed by atoms with E-state index in [0.717, 1.165) is 6.42 Å². The molecule has 2 nitrogen and oxygen atoms in total. The fourth-order valence-corrected chi connectivity index (χ4v) is 3.53. The molecule has 90 valence electrons. The van der Waals surface area contributed by atoms with E-state index in [9.17, 15) is 4.79 Å². The second-order valence-corrected chi connectivity index (χ2v) is 5.43. The van der Waals surface area contributed by atoms with E-state index in [1.807, 2.05) is 6.07 Å². The molecule has 3 atom stereocenters. The number of carbonyl (C=O) groups is 1. The average Bonchev–Trinajstić information content (AvgIpc) is 2.94. The Morgan fingerprint density at radius 1 is 1.28 bits per heavy atom. The zero-order chi connectivity index (χ0) is 12.3. The molecule has 1 fully saturated rings. The van der Waals surface area contributed by atoms with E-state index in [2.05, 4.69) is 48.0 Å². The molecule has 0 spiro atoms. The minimum absolute atomic E-state index is 0.0346. The Hall–Kier alpha value is -1.83. The number of hydrogen-bond acceptors (Lipinski definition) is 1.